The van der Waals surface area contributed by atoms with Crippen LogP contribution in [0.3, 0.4) is 0 Å². The molecule has 0 amide bonds. The second-order valence-electron chi connectivity index (χ2n) is 13.3. The van der Waals surface area contributed by atoms with Gasteiger partial charge in [0.25, 0.3) is 5.56 Å². The zero-order valence-corrected chi connectivity index (χ0v) is 30.6. The minimum atomic E-state index is -4.38. The summed E-state index contributed by atoms with van der Waals surface area (Å²) >= 11 is 1.46. The van der Waals surface area contributed by atoms with E-state index in [1.54, 1.807) is 12.1 Å². The van der Waals surface area contributed by atoms with Crippen LogP contribution in [-0.2, 0) is 44.4 Å². The fourth-order valence-electron chi connectivity index (χ4n) is 6.67. The van der Waals surface area contributed by atoms with Crippen molar-refractivity contribution in [1.29, 1.82) is 0 Å². The number of aromatic nitrogens is 4. The summed E-state index contributed by atoms with van der Waals surface area (Å²) in [5.41, 5.74) is 5.46. The van der Waals surface area contributed by atoms with E-state index in [1.165, 1.54) is 36.0 Å². The molecule has 3 aromatic carbocycles. The van der Waals surface area contributed by atoms with Gasteiger partial charge in [-0.3, -0.25) is 9.69 Å². The maximum absolute atomic E-state index is 13.6. The van der Waals surface area contributed by atoms with E-state index >= 15 is 0 Å². The smallest absolute Gasteiger partial charge is 0.325 e. The van der Waals surface area contributed by atoms with E-state index < -0.39 is 11.7 Å². The Morgan fingerprint density at radius 3 is 2.13 bits per heavy atom. The molecule has 2 aromatic heterocycles. The van der Waals surface area contributed by atoms with E-state index in [9.17, 15) is 22.4 Å². The lowest BCUT2D eigenvalue weighted by Gasteiger charge is -2.24. The summed E-state index contributed by atoms with van der Waals surface area (Å²) < 4.78 is 57.3. The molecule has 52 heavy (non-hydrogen) atoms. The lowest BCUT2D eigenvalue weighted by atomic mass is 10.0. The average Bonchev–Trinajstić information content (AvgIpc) is 3.78. The largest absolute Gasteiger partial charge is 0.416 e. The van der Waals surface area contributed by atoms with Crippen molar-refractivity contribution in [3.8, 4) is 11.1 Å². The van der Waals surface area contributed by atoms with Gasteiger partial charge in [0, 0.05) is 49.4 Å². The summed E-state index contributed by atoms with van der Waals surface area (Å²) in [5.74, 6) is 1.08. The third kappa shape index (κ3) is 9.02. The van der Waals surface area contributed by atoms with Crippen LogP contribution in [0.1, 0.15) is 59.7 Å². The fraction of sp³-hybridized carbons (Fsp3) is 0.375. The van der Waals surface area contributed by atoms with Gasteiger partial charge in [0.05, 0.1) is 17.8 Å². The molecule has 274 valence electrons. The van der Waals surface area contributed by atoms with Crippen molar-refractivity contribution in [3.05, 3.63) is 135 Å². The number of hydrogen-bond acceptors (Lipinski definition) is 6. The number of thioether (sulfide) groups is 1. The quantitative estimate of drug-likeness (QED) is 0.0620. The Hall–Kier alpha value is -4.26. The summed E-state index contributed by atoms with van der Waals surface area (Å²) in [5, 5.41) is 0.614. The SMILES string of the molecule is CCN(CC)CCN(C)Cc1cnc(Cn2c(SCc3ccc(F)cc3)nc(=O)c3c2CCC3)n1Cc1ccc(-c2ccc(C(F)(F)F)cc2)cc1. The third-order valence-electron chi connectivity index (χ3n) is 9.77. The van der Waals surface area contributed by atoms with Crippen molar-refractivity contribution < 1.29 is 17.6 Å². The number of rotatable bonds is 15. The predicted octanol–water partition coefficient (Wildman–Crippen LogP) is 7.92. The van der Waals surface area contributed by atoms with E-state index in [-0.39, 0.29) is 11.4 Å². The topological polar surface area (TPSA) is 59.2 Å². The van der Waals surface area contributed by atoms with Crippen molar-refractivity contribution in [1.82, 2.24) is 28.9 Å². The lowest BCUT2D eigenvalue weighted by molar-refractivity contribution is -0.137. The summed E-state index contributed by atoms with van der Waals surface area (Å²) in [6.45, 7) is 9.83. The average molecular weight is 733 g/mol. The second kappa shape index (κ2) is 16.6. The molecular weight excluding hydrogens is 689 g/mol. The van der Waals surface area contributed by atoms with E-state index in [2.05, 4.69) is 44.8 Å². The molecule has 5 aromatic rings. The molecule has 1 aliphatic rings. The van der Waals surface area contributed by atoms with Gasteiger partial charge in [-0.25, -0.2) is 9.37 Å². The van der Waals surface area contributed by atoms with Gasteiger partial charge in [-0.05, 0) is 85.9 Å². The Balaban J connectivity index is 1.30. The minimum absolute atomic E-state index is 0.183. The van der Waals surface area contributed by atoms with E-state index in [0.717, 1.165) is 90.6 Å². The molecule has 0 aliphatic heterocycles. The lowest BCUT2D eigenvalue weighted by Crippen LogP contribution is -2.33. The monoisotopic (exact) mass is 732 g/mol. The van der Waals surface area contributed by atoms with Crippen molar-refractivity contribution in [2.24, 2.45) is 0 Å². The Kier molecular flexibility index (Phi) is 12.0. The standard InChI is InChI=1S/C40H44F4N6OS/c1-4-48(5-2)22-21-47(3)25-34-23-45-37(49(34)24-28-9-13-30(14-10-28)31-15-17-32(18-16-31)40(42,43)44)26-50-36-8-6-7-35(36)38(51)46-39(50)52-27-29-11-19-33(41)20-12-29/h9-20,23H,4-8,21-22,24-27H2,1-3H3. The second-order valence-corrected chi connectivity index (χ2v) is 14.2. The Bertz CT molecular complexity index is 2000. The molecule has 0 saturated carbocycles. The molecule has 6 rings (SSSR count). The Morgan fingerprint density at radius 2 is 1.48 bits per heavy atom. The zero-order valence-electron chi connectivity index (χ0n) is 29.8. The molecule has 0 saturated heterocycles. The highest BCUT2D eigenvalue weighted by molar-refractivity contribution is 7.98. The van der Waals surface area contributed by atoms with Crippen LogP contribution in [-0.4, -0.2) is 62.1 Å². The van der Waals surface area contributed by atoms with Crippen LogP contribution < -0.4 is 5.56 Å². The van der Waals surface area contributed by atoms with Crippen LogP contribution in [0.25, 0.3) is 11.1 Å². The van der Waals surface area contributed by atoms with Crippen LogP contribution in [0.15, 0.2) is 88.9 Å². The van der Waals surface area contributed by atoms with Crippen molar-refractivity contribution >= 4 is 11.8 Å². The molecule has 0 N–H and O–H groups in total. The number of halogens is 4. The van der Waals surface area contributed by atoms with Crippen molar-refractivity contribution in [2.45, 2.75) is 69.8 Å². The van der Waals surface area contributed by atoms with Gasteiger partial charge in [-0.1, -0.05) is 74.1 Å². The van der Waals surface area contributed by atoms with Crippen LogP contribution in [0.2, 0.25) is 0 Å². The van der Waals surface area contributed by atoms with Crippen LogP contribution in [0.5, 0.6) is 0 Å². The van der Waals surface area contributed by atoms with Gasteiger partial charge in [-0.15, -0.1) is 0 Å². The molecule has 0 spiro atoms. The van der Waals surface area contributed by atoms with Gasteiger partial charge < -0.3 is 14.0 Å². The molecule has 0 unspecified atom stereocenters. The van der Waals surface area contributed by atoms with Crippen molar-refractivity contribution in [2.75, 3.05) is 33.2 Å². The Morgan fingerprint density at radius 1 is 0.827 bits per heavy atom. The first-order valence-electron chi connectivity index (χ1n) is 17.7. The molecule has 2 heterocycles. The molecule has 0 atom stereocenters. The predicted molar refractivity (Wildman–Crippen MR) is 198 cm³/mol. The van der Waals surface area contributed by atoms with Gasteiger partial charge in [0.15, 0.2) is 5.16 Å². The normalized spacial score (nSPS) is 13.0. The molecular formula is C40H44F4N6OS. The molecule has 0 bridgehead atoms. The van der Waals surface area contributed by atoms with Crippen LogP contribution in [0.4, 0.5) is 17.6 Å². The molecule has 12 heteroatoms. The number of alkyl halides is 3. The van der Waals surface area contributed by atoms with E-state index in [4.69, 9.17) is 4.98 Å². The summed E-state index contributed by atoms with van der Waals surface area (Å²) in [4.78, 5) is 27.3. The molecule has 1 aliphatic carbocycles. The van der Waals surface area contributed by atoms with Crippen LogP contribution >= 0.6 is 11.8 Å². The summed E-state index contributed by atoms with van der Waals surface area (Å²) in [6, 6.07) is 19.5. The highest BCUT2D eigenvalue weighted by atomic mass is 32.2. The number of hydrogen-bond donors (Lipinski definition) is 0. The van der Waals surface area contributed by atoms with E-state index in [1.807, 2.05) is 30.5 Å². The minimum Gasteiger partial charge on any atom is -0.325 e. The first-order valence-corrected chi connectivity index (χ1v) is 18.7. The van der Waals surface area contributed by atoms with E-state index in [0.29, 0.717) is 42.5 Å². The van der Waals surface area contributed by atoms with Gasteiger partial charge in [0.2, 0.25) is 0 Å². The fourth-order valence-corrected chi connectivity index (χ4v) is 7.64. The molecule has 0 fully saturated rings. The highest BCUT2D eigenvalue weighted by Gasteiger charge is 2.30. The maximum atomic E-state index is 13.6. The van der Waals surface area contributed by atoms with Gasteiger partial charge in [0.1, 0.15) is 11.6 Å². The Labute approximate surface area is 306 Å². The van der Waals surface area contributed by atoms with Gasteiger partial charge >= 0.3 is 6.18 Å². The number of nitrogens with zero attached hydrogens (tertiary/aromatic N) is 6. The third-order valence-corrected chi connectivity index (χ3v) is 10.8. The van der Waals surface area contributed by atoms with Crippen molar-refractivity contribution in [3.63, 3.8) is 0 Å². The number of likely N-dealkylation sites (N-methyl/N-ethyl adjacent to an activating group) is 2. The first-order chi connectivity index (χ1) is 25.0. The first kappa shape index (κ1) is 37.5. The number of fused-ring (bicyclic) bond motifs is 1. The van der Waals surface area contributed by atoms with Gasteiger partial charge in [-0.2, -0.15) is 18.2 Å². The maximum Gasteiger partial charge on any atom is 0.416 e. The summed E-state index contributed by atoms with van der Waals surface area (Å²) in [6.07, 6.45) is -0.0752. The number of benzene rings is 3. The molecule has 0 radical (unpaired) electrons. The summed E-state index contributed by atoms with van der Waals surface area (Å²) in [7, 11) is 2.11. The highest BCUT2D eigenvalue weighted by Crippen LogP contribution is 2.32. The number of imidazole rings is 1. The van der Waals surface area contributed by atoms with Crippen LogP contribution in [0, 0.1) is 5.82 Å². The molecule has 7 nitrogen and oxygen atoms in total. The zero-order chi connectivity index (χ0) is 36.8.